The Balaban J connectivity index is 2.19. The summed E-state index contributed by atoms with van der Waals surface area (Å²) in [5.74, 6) is -1.16. The van der Waals surface area contributed by atoms with Gasteiger partial charge >= 0.3 is 12.1 Å². The second-order valence-corrected chi connectivity index (χ2v) is 5.85. The third-order valence-electron chi connectivity index (χ3n) is 3.97. The minimum Gasteiger partial charge on any atom is -0.480 e. The van der Waals surface area contributed by atoms with Crippen LogP contribution < -0.4 is 5.73 Å². The van der Waals surface area contributed by atoms with Gasteiger partial charge < -0.3 is 15.2 Å². The predicted octanol–water partition coefficient (Wildman–Crippen LogP) is 2.68. The maximum Gasteiger partial charge on any atom is 0.418 e. The molecule has 9 heteroatoms. The fraction of sp³-hybridized carbons (Fsp3) is 0.235. The average Bonchev–Trinajstić information content (AvgIpc) is 3.03. The summed E-state index contributed by atoms with van der Waals surface area (Å²) in [6.45, 7) is 1.60. The molecule has 136 valence electrons. The van der Waals surface area contributed by atoms with E-state index < -0.39 is 23.8 Å². The van der Waals surface area contributed by atoms with Crippen molar-refractivity contribution in [1.29, 1.82) is 0 Å². The zero-order valence-corrected chi connectivity index (χ0v) is 13.7. The number of carboxylic acid groups (broad SMARTS) is 1. The van der Waals surface area contributed by atoms with Crippen LogP contribution in [0, 0.1) is 6.92 Å². The maximum atomic E-state index is 13.4. The van der Waals surface area contributed by atoms with Crippen LogP contribution in [0.2, 0.25) is 0 Å². The van der Waals surface area contributed by atoms with Crippen molar-refractivity contribution >= 4 is 11.6 Å². The lowest BCUT2D eigenvalue weighted by Gasteiger charge is -2.15. The molecule has 0 unspecified atom stereocenters. The highest BCUT2D eigenvalue weighted by Gasteiger charge is 2.35. The first-order chi connectivity index (χ1) is 12.2. The van der Waals surface area contributed by atoms with Crippen molar-refractivity contribution in [3.8, 4) is 11.3 Å². The molecule has 26 heavy (non-hydrogen) atoms. The van der Waals surface area contributed by atoms with E-state index in [9.17, 15) is 18.0 Å². The summed E-state index contributed by atoms with van der Waals surface area (Å²) in [4.78, 5) is 19.2. The molecule has 0 saturated carbocycles. The lowest BCUT2D eigenvalue weighted by molar-refractivity contribution is -0.139. The number of aryl methyl sites for hydroxylation is 1. The first-order valence-corrected chi connectivity index (χ1v) is 7.67. The van der Waals surface area contributed by atoms with Crippen LogP contribution in [0.25, 0.3) is 16.9 Å². The Morgan fingerprint density at radius 1 is 1.31 bits per heavy atom. The number of alkyl halides is 3. The van der Waals surface area contributed by atoms with Gasteiger partial charge in [0.25, 0.3) is 0 Å². The van der Waals surface area contributed by atoms with Crippen LogP contribution in [0.1, 0.15) is 17.0 Å². The summed E-state index contributed by atoms with van der Waals surface area (Å²) in [7, 11) is 0. The number of carbonyl (C=O) groups is 1. The minimum absolute atomic E-state index is 0.00977. The Hall–Kier alpha value is -2.94. The third-order valence-corrected chi connectivity index (χ3v) is 3.97. The highest BCUT2D eigenvalue weighted by molar-refractivity contribution is 5.78. The van der Waals surface area contributed by atoms with E-state index in [1.807, 2.05) is 0 Å². The van der Waals surface area contributed by atoms with Crippen LogP contribution in [0.15, 0.2) is 36.7 Å². The number of pyridine rings is 2. The van der Waals surface area contributed by atoms with E-state index in [4.69, 9.17) is 10.8 Å². The van der Waals surface area contributed by atoms with E-state index in [0.29, 0.717) is 11.4 Å². The molecule has 0 radical (unpaired) electrons. The van der Waals surface area contributed by atoms with Gasteiger partial charge in [-0.2, -0.15) is 13.2 Å². The van der Waals surface area contributed by atoms with E-state index in [2.05, 4.69) is 9.97 Å². The molecular formula is C17H15F3N4O2. The molecular weight excluding hydrogens is 349 g/mol. The normalized spacial score (nSPS) is 13.1. The molecule has 0 amide bonds. The topological polar surface area (TPSA) is 93.5 Å². The van der Waals surface area contributed by atoms with Crippen molar-refractivity contribution in [3.05, 3.63) is 53.6 Å². The van der Waals surface area contributed by atoms with Crippen molar-refractivity contribution in [3.63, 3.8) is 0 Å². The van der Waals surface area contributed by atoms with Crippen LogP contribution >= 0.6 is 0 Å². The monoisotopic (exact) mass is 364 g/mol. The summed E-state index contributed by atoms with van der Waals surface area (Å²) in [6.07, 6.45) is -1.58. The highest BCUT2D eigenvalue weighted by Crippen LogP contribution is 2.37. The molecule has 0 spiro atoms. The number of hydrogen-bond donors (Lipinski definition) is 2. The molecule has 3 aromatic rings. The number of hydrogen-bond acceptors (Lipinski definition) is 4. The van der Waals surface area contributed by atoms with Crippen molar-refractivity contribution in [2.75, 3.05) is 0 Å². The summed E-state index contributed by atoms with van der Waals surface area (Å²) < 4.78 is 41.7. The molecule has 0 fully saturated rings. The second-order valence-electron chi connectivity index (χ2n) is 5.85. The second kappa shape index (κ2) is 6.41. The van der Waals surface area contributed by atoms with E-state index >= 15 is 0 Å². The summed E-state index contributed by atoms with van der Waals surface area (Å²) in [5, 5.41) is 8.97. The van der Waals surface area contributed by atoms with Crippen molar-refractivity contribution in [2.24, 2.45) is 5.73 Å². The van der Waals surface area contributed by atoms with Crippen LogP contribution in [0.5, 0.6) is 0 Å². The lowest BCUT2D eigenvalue weighted by Crippen LogP contribution is -2.32. The molecule has 0 aliphatic heterocycles. The van der Waals surface area contributed by atoms with Crippen LogP contribution in [-0.4, -0.2) is 31.5 Å². The van der Waals surface area contributed by atoms with Gasteiger partial charge in [-0.15, -0.1) is 0 Å². The van der Waals surface area contributed by atoms with Gasteiger partial charge in [0.1, 0.15) is 11.7 Å². The van der Waals surface area contributed by atoms with Crippen molar-refractivity contribution in [1.82, 2.24) is 14.4 Å². The molecule has 3 rings (SSSR count). The number of nitrogens with two attached hydrogens (primary N) is 1. The minimum atomic E-state index is -4.57. The summed E-state index contributed by atoms with van der Waals surface area (Å²) >= 11 is 0. The number of fused-ring (bicyclic) bond motifs is 1. The number of halogens is 3. The van der Waals surface area contributed by atoms with Crippen LogP contribution in [0.4, 0.5) is 13.2 Å². The number of rotatable bonds is 4. The molecule has 0 aliphatic rings. The van der Waals surface area contributed by atoms with E-state index in [0.717, 1.165) is 6.07 Å². The summed E-state index contributed by atoms with van der Waals surface area (Å²) in [6, 6.07) is 4.16. The predicted molar refractivity (Wildman–Crippen MR) is 87.5 cm³/mol. The average molecular weight is 364 g/mol. The fourth-order valence-electron chi connectivity index (χ4n) is 2.72. The van der Waals surface area contributed by atoms with E-state index in [-0.39, 0.29) is 23.3 Å². The largest absolute Gasteiger partial charge is 0.480 e. The first kappa shape index (κ1) is 17.9. The molecule has 3 heterocycles. The number of carboxylic acids is 1. The van der Waals surface area contributed by atoms with Gasteiger partial charge in [0.15, 0.2) is 0 Å². The molecule has 1 atom stereocenters. The number of aliphatic carboxylic acids is 1. The van der Waals surface area contributed by atoms with Crippen molar-refractivity contribution < 1.29 is 23.1 Å². The Morgan fingerprint density at radius 2 is 2.04 bits per heavy atom. The SMILES string of the molecule is Cc1ccc(C(F)(F)F)c(-c2ccc(C[C@H](N)C(=O)O)n3ccnc23)n1. The van der Waals surface area contributed by atoms with Crippen LogP contribution in [0.3, 0.4) is 0 Å². The quantitative estimate of drug-likeness (QED) is 0.742. The van der Waals surface area contributed by atoms with Gasteiger partial charge in [-0.3, -0.25) is 9.78 Å². The molecule has 3 N–H and O–H groups in total. The number of nitrogens with zero attached hydrogens (tertiary/aromatic N) is 3. The first-order valence-electron chi connectivity index (χ1n) is 7.67. The van der Waals surface area contributed by atoms with Gasteiger partial charge in [-0.25, -0.2) is 4.98 Å². The lowest BCUT2D eigenvalue weighted by atomic mass is 10.0. The van der Waals surface area contributed by atoms with Gasteiger partial charge in [-0.05, 0) is 31.2 Å². The zero-order valence-electron chi connectivity index (χ0n) is 13.7. The summed E-state index contributed by atoms with van der Waals surface area (Å²) in [5.41, 5.74) is 5.91. The zero-order chi connectivity index (χ0) is 19.1. The molecule has 0 bridgehead atoms. The Bertz CT molecular complexity index is 982. The van der Waals surface area contributed by atoms with Crippen LogP contribution in [-0.2, 0) is 17.4 Å². The number of aromatic nitrogens is 3. The van der Waals surface area contributed by atoms with E-state index in [1.165, 1.54) is 28.8 Å². The molecule has 0 saturated heterocycles. The third kappa shape index (κ3) is 3.25. The Labute approximate surface area is 146 Å². The Kier molecular flexibility index (Phi) is 4.41. The molecule has 0 aliphatic carbocycles. The molecule has 3 aromatic heterocycles. The van der Waals surface area contributed by atoms with Gasteiger partial charge in [0.05, 0.1) is 11.3 Å². The highest BCUT2D eigenvalue weighted by atomic mass is 19.4. The Morgan fingerprint density at radius 3 is 2.69 bits per heavy atom. The van der Waals surface area contributed by atoms with Crippen molar-refractivity contribution in [2.45, 2.75) is 25.6 Å². The smallest absolute Gasteiger partial charge is 0.418 e. The van der Waals surface area contributed by atoms with E-state index in [1.54, 1.807) is 13.1 Å². The maximum absolute atomic E-state index is 13.4. The molecule has 6 nitrogen and oxygen atoms in total. The molecule has 0 aromatic carbocycles. The standard InChI is InChI=1S/C17H15F3N4O2/c1-9-2-5-12(17(18,19)20)14(23-9)11-4-3-10(8-13(21)16(25)26)24-7-6-22-15(11)24/h2-7,13H,8,21H2,1H3,(H,25,26)/t13-/m0/s1. The van der Waals surface area contributed by atoms with Gasteiger partial charge in [0.2, 0.25) is 0 Å². The van der Waals surface area contributed by atoms with Gasteiger partial charge in [0, 0.05) is 35.8 Å². The number of imidazole rings is 1. The van der Waals surface area contributed by atoms with Gasteiger partial charge in [-0.1, -0.05) is 0 Å². The fourth-order valence-corrected chi connectivity index (χ4v) is 2.72.